The fourth-order valence-electron chi connectivity index (χ4n) is 2.27. The number of hydrogen-bond acceptors (Lipinski definition) is 4. The van der Waals surface area contributed by atoms with Gasteiger partial charge in [-0.25, -0.2) is 0 Å². The van der Waals surface area contributed by atoms with E-state index in [1.54, 1.807) is 24.0 Å². The van der Waals surface area contributed by atoms with Crippen molar-refractivity contribution in [1.29, 1.82) is 0 Å². The first-order valence-electron chi connectivity index (χ1n) is 6.67. The normalized spacial score (nSPS) is 10.8. The Morgan fingerprint density at radius 1 is 1.10 bits per heavy atom. The van der Waals surface area contributed by atoms with Gasteiger partial charge in [0.2, 0.25) is 0 Å². The molecule has 0 atom stereocenters. The van der Waals surface area contributed by atoms with Crippen LogP contribution in [-0.2, 0) is 0 Å². The molecule has 1 aromatic heterocycles. The van der Waals surface area contributed by atoms with Crippen LogP contribution in [0.4, 0.5) is 11.4 Å². The molecule has 4 heteroatoms. The molecule has 0 radical (unpaired) electrons. The highest BCUT2D eigenvalue weighted by Crippen LogP contribution is 2.31. The minimum Gasteiger partial charge on any atom is -0.508 e. The van der Waals surface area contributed by atoms with Crippen LogP contribution in [0.25, 0.3) is 10.9 Å². The van der Waals surface area contributed by atoms with E-state index in [1.807, 2.05) is 31.2 Å². The Kier molecular flexibility index (Phi) is 3.71. The fourth-order valence-corrected chi connectivity index (χ4v) is 2.71. The molecule has 1 heterocycles. The number of anilines is 2. The first-order valence-corrected chi connectivity index (χ1v) is 7.90. The van der Waals surface area contributed by atoms with Crippen LogP contribution < -0.4 is 5.32 Å². The summed E-state index contributed by atoms with van der Waals surface area (Å²) in [6.45, 7) is 1.90. The molecule has 3 rings (SSSR count). The van der Waals surface area contributed by atoms with E-state index in [-0.39, 0.29) is 0 Å². The Morgan fingerprint density at radius 2 is 1.95 bits per heavy atom. The molecule has 3 nitrogen and oxygen atoms in total. The quantitative estimate of drug-likeness (QED) is 0.687. The SMILES string of the molecule is CSc1ccc2nccc(Nc3cccc(O)c3C)c2c1. The molecule has 0 spiro atoms. The summed E-state index contributed by atoms with van der Waals surface area (Å²) < 4.78 is 0. The summed E-state index contributed by atoms with van der Waals surface area (Å²) in [5.74, 6) is 0.295. The molecule has 0 saturated heterocycles. The fraction of sp³-hybridized carbons (Fsp3) is 0.118. The highest BCUT2D eigenvalue weighted by atomic mass is 32.2. The third-order valence-corrected chi connectivity index (χ3v) is 4.25. The molecule has 2 aromatic carbocycles. The van der Waals surface area contributed by atoms with E-state index in [1.165, 1.54) is 4.90 Å². The van der Waals surface area contributed by atoms with Crippen LogP contribution in [0.5, 0.6) is 5.75 Å². The molecule has 21 heavy (non-hydrogen) atoms. The number of aromatic nitrogens is 1. The Morgan fingerprint density at radius 3 is 2.76 bits per heavy atom. The largest absolute Gasteiger partial charge is 0.508 e. The number of nitrogens with one attached hydrogen (secondary N) is 1. The molecular formula is C17H16N2OS. The molecule has 0 bridgehead atoms. The van der Waals surface area contributed by atoms with Gasteiger partial charge >= 0.3 is 0 Å². The second-order valence-electron chi connectivity index (χ2n) is 4.82. The zero-order chi connectivity index (χ0) is 14.8. The molecule has 0 saturated carbocycles. The Balaban J connectivity index is 2.09. The number of phenolic OH excluding ortho intramolecular Hbond substituents is 1. The van der Waals surface area contributed by atoms with Gasteiger partial charge in [-0.05, 0) is 49.6 Å². The number of rotatable bonds is 3. The minimum absolute atomic E-state index is 0.295. The number of aromatic hydroxyl groups is 1. The van der Waals surface area contributed by atoms with Crippen LogP contribution >= 0.6 is 11.8 Å². The molecule has 106 valence electrons. The summed E-state index contributed by atoms with van der Waals surface area (Å²) in [7, 11) is 0. The number of hydrogen-bond donors (Lipinski definition) is 2. The van der Waals surface area contributed by atoms with Crippen molar-refractivity contribution in [2.75, 3.05) is 11.6 Å². The van der Waals surface area contributed by atoms with Gasteiger partial charge in [-0.15, -0.1) is 11.8 Å². The van der Waals surface area contributed by atoms with Crippen molar-refractivity contribution in [2.24, 2.45) is 0 Å². The van der Waals surface area contributed by atoms with Crippen molar-refractivity contribution in [3.8, 4) is 5.75 Å². The van der Waals surface area contributed by atoms with E-state index >= 15 is 0 Å². The molecule has 0 aliphatic heterocycles. The van der Waals surface area contributed by atoms with Gasteiger partial charge in [-0.1, -0.05) is 6.07 Å². The maximum absolute atomic E-state index is 9.82. The highest BCUT2D eigenvalue weighted by molar-refractivity contribution is 7.98. The minimum atomic E-state index is 0.295. The molecule has 3 aromatic rings. The summed E-state index contributed by atoms with van der Waals surface area (Å²) in [4.78, 5) is 5.60. The number of pyridine rings is 1. The Hall–Kier alpha value is -2.20. The maximum atomic E-state index is 9.82. The monoisotopic (exact) mass is 296 g/mol. The standard InChI is InChI=1S/C17H16N2OS/c1-11-14(4-3-5-17(11)20)19-16-8-9-18-15-7-6-12(21-2)10-13(15)16/h3-10,20H,1-2H3,(H,18,19). The summed E-state index contributed by atoms with van der Waals surface area (Å²) in [6, 6.07) is 13.7. The van der Waals surface area contributed by atoms with E-state index < -0.39 is 0 Å². The molecule has 2 N–H and O–H groups in total. The first kappa shape index (κ1) is 13.8. The van der Waals surface area contributed by atoms with Crippen molar-refractivity contribution in [3.63, 3.8) is 0 Å². The summed E-state index contributed by atoms with van der Waals surface area (Å²) in [5, 5.41) is 14.3. The zero-order valence-corrected chi connectivity index (χ0v) is 12.7. The Bertz CT molecular complexity index is 802. The molecule has 0 amide bonds. The van der Waals surface area contributed by atoms with Crippen molar-refractivity contribution >= 4 is 34.0 Å². The average molecular weight is 296 g/mol. The molecule has 0 fully saturated rings. The number of thioether (sulfide) groups is 1. The predicted molar refractivity (Wildman–Crippen MR) is 89.7 cm³/mol. The lowest BCUT2D eigenvalue weighted by atomic mass is 10.1. The predicted octanol–water partition coefficient (Wildman–Crippen LogP) is 4.71. The molecule has 0 aliphatic rings. The van der Waals surface area contributed by atoms with Gasteiger partial charge in [0.25, 0.3) is 0 Å². The number of nitrogens with zero attached hydrogens (tertiary/aromatic N) is 1. The second kappa shape index (κ2) is 5.66. The van der Waals surface area contributed by atoms with E-state index in [0.29, 0.717) is 5.75 Å². The molecular weight excluding hydrogens is 280 g/mol. The van der Waals surface area contributed by atoms with Crippen LogP contribution in [0.3, 0.4) is 0 Å². The van der Waals surface area contributed by atoms with E-state index in [2.05, 4.69) is 28.7 Å². The number of phenols is 1. The smallest absolute Gasteiger partial charge is 0.120 e. The van der Waals surface area contributed by atoms with Gasteiger partial charge in [0.1, 0.15) is 5.75 Å². The summed E-state index contributed by atoms with van der Waals surface area (Å²) >= 11 is 1.71. The third-order valence-electron chi connectivity index (χ3n) is 3.52. The van der Waals surface area contributed by atoms with Crippen LogP contribution in [0.2, 0.25) is 0 Å². The first-order chi connectivity index (χ1) is 10.2. The van der Waals surface area contributed by atoms with Gasteiger partial charge in [0.15, 0.2) is 0 Å². The van der Waals surface area contributed by atoms with E-state index in [9.17, 15) is 5.11 Å². The van der Waals surface area contributed by atoms with Crippen molar-refractivity contribution < 1.29 is 5.11 Å². The van der Waals surface area contributed by atoms with Crippen LogP contribution in [0, 0.1) is 6.92 Å². The van der Waals surface area contributed by atoms with E-state index in [0.717, 1.165) is 27.8 Å². The van der Waals surface area contributed by atoms with Gasteiger partial charge in [-0.3, -0.25) is 4.98 Å². The lowest BCUT2D eigenvalue weighted by molar-refractivity contribution is 0.471. The Labute approximate surface area is 128 Å². The van der Waals surface area contributed by atoms with Crippen molar-refractivity contribution in [3.05, 3.63) is 54.2 Å². The van der Waals surface area contributed by atoms with Gasteiger partial charge in [0.05, 0.1) is 5.52 Å². The van der Waals surface area contributed by atoms with Crippen LogP contribution in [0.1, 0.15) is 5.56 Å². The molecule has 0 aliphatic carbocycles. The maximum Gasteiger partial charge on any atom is 0.120 e. The lowest BCUT2D eigenvalue weighted by Gasteiger charge is -2.13. The molecule has 0 unspecified atom stereocenters. The van der Waals surface area contributed by atoms with Crippen LogP contribution in [-0.4, -0.2) is 16.3 Å². The van der Waals surface area contributed by atoms with Crippen molar-refractivity contribution in [1.82, 2.24) is 4.98 Å². The van der Waals surface area contributed by atoms with Crippen molar-refractivity contribution in [2.45, 2.75) is 11.8 Å². The number of benzene rings is 2. The van der Waals surface area contributed by atoms with Gasteiger partial charge in [0, 0.05) is 33.4 Å². The van der Waals surface area contributed by atoms with Crippen LogP contribution in [0.15, 0.2) is 53.6 Å². The topological polar surface area (TPSA) is 45.2 Å². The summed E-state index contributed by atoms with van der Waals surface area (Å²) in [6.07, 6.45) is 3.85. The second-order valence-corrected chi connectivity index (χ2v) is 5.70. The van der Waals surface area contributed by atoms with Gasteiger partial charge < -0.3 is 10.4 Å². The lowest BCUT2D eigenvalue weighted by Crippen LogP contribution is -1.95. The number of fused-ring (bicyclic) bond motifs is 1. The summed E-state index contributed by atoms with van der Waals surface area (Å²) in [5.41, 5.74) is 3.68. The third kappa shape index (κ3) is 2.67. The van der Waals surface area contributed by atoms with E-state index in [4.69, 9.17) is 0 Å². The highest BCUT2D eigenvalue weighted by Gasteiger charge is 2.07. The average Bonchev–Trinajstić information content (AvgIpc) is 2.51. The zero-order valence-electron chi connectivity index (χ0n) is 11.9. The van der Waals surface area contributed by atoms with Gasteiger partial charge in [-0.2, -0.15) is 0 Å².